The van der Waals surface area contributed by atoms with Crippen molar-refractivity contribution in [1.82, 2.24) is 4.98 Å². The molecule has 0 aliphatic carbocycles. The van der Waals surface area contributed by atoms with E-state index in [1.807, 2.05) is 24.4 Å². The highest BCUT2D eigenvalue weighted by Crippen LogP contribution is 2.33. The van der Waals surface area contributed by atoms with E-state index >= 15 is 0 Å². The predicted octanol–water partition coefficient (Wildman–Crippen LogP) is 4.47. The fourth-order valence-electron chi connectivity index (χ4n) is 1.99. The number of nitrogens with zero attached hydrogens (tertiary/aromatic N) is 2. The van der Waals surface area contributed by atoms with Gasteiger partial charge in [-0.3, -0.25) is 4.99 Å². The summed E-state index contributed by atoms with van der Waals surface area (Å²) in [7, 11) is 1.63. The molecule has 0 aliphatic heterocycles. The van der Waals surface area contributed by atoms with Gasteiger partial charge in [0.05, 0.1) is 24.6 Å². The highest BCUT2D eigenvalue weighted by atomic mass is 32.1. The number of methoxy groups -OCH3 is 1. The summed E-state index contributed by atoms with van der Waals surface area (Å²) in [6.07, 6.45) is 4.92. The van der Waals surface area contributed by atoms with Crippen LogP contribution in [0.4, 0.5) is 5.69 Å². The van der Waals surface area contributed by atoms with Gasteiger partial charge in [-0.15, -0.1) is 11.3 Å². The number of aromatic nitrogens is 1. The fraction of sp³-hybridized carbons (Fsp3) is 0.125. The Kier molecular flexibility index (Phi) is 3.83. The third kappa shape index (κ3) is 3.03. The van der Waals surface area contributed by atoms with Crippen molar-refractivity contribution in [2.24, 2.45) is 4.99 Å². The summed E-state index contributed by atoms with van der Waals surface area (Å²) < 4.78 is 10.7. The maximum atomic E-state index is 5.41. The number of rotatable bonds is 4. The SMILES string of the molecule is COc1cc(N=Cc2csc(C)c2)ccc1-c1cnco1. The lowest BCUT2D eigenvalue weighted by atomic mass is 10.1. The third-order valence-corrected chi connectivity index (χ3v) is 3.88. The van der Waals surface area contributed by atoms with E-state index in [1.54, 1.807) is 24.6 Å². The van der Waals surface area contributed by atoms with Gasteiger partial charge in [-0.2, -0.15) is 0 Å². The zero-order chi connectivity index (χ0) is 14.7. The molecule has 106 valence electrons. The first kappa shape index (κ1) is 13.6. The van der Waals surface area contributed by atoms with E-state index in [4.69, 9.17) is 9.15 Å². The van der Waals surface area contributed by atoms with Crippen molar-refractivity contribution < 1.29 is 9.15 Å². The van der Waals surface area contributed by atoms with E-state index in [2.05, 4.69) is 28.3 Å². The van der Waals surface area contributed by atoms with Gasteiger partial charge >= 0.3 is 0 Å². The Morgan fingerprint density at radius 2 is 2.24 bits per heavy atom. The van der Waals surface area contributed by atoms with Crippen LogP contribution in [0.3, 0.4) is 0 Å². The smallest absolute Gasteiger partial charge is 0.181 e. The van der Waals surface area contributed by atoms with Crippen LogP contribution in [0.15, 0.2) is 51.6 Å². The summed E-state index contributed by atoms with van der Waals surface area (Å²) in [6.45, 7) is 2.08. The normalized spacial score (nSPS) is 11.1. The van der Waals surface area contributed by atoms with Crippen LogP contribution in [0.5, 0.6) is 5.75 Å². The Labute approximate surface area is 126 Å². The molecule has 0 N–H and O–H groups in total. The van der Waals surface area contributed by atoms with Crippen LogP contribution in [-0.2, 0) is 0 Å². The first-order chi connectivity index (χ1) is 10.3. The Hall–Kier alpha value is -2.40. The van der Waals surface area contributed by atoms with Crippen LogP contribution in [0.25, 0.3) is 11.3 Å². The van der Waals surface area contributed by atoms with Gasteiger partial charge in [-0.05, 0) is 30.5 Å². The van der Waals surface area contributed by atoms with Gasteiger partial charge in [0.25, 0.3) is 0 Å². The zero-order valence-electron chi connectivity index (χ0n) is 11.7. The molecular weight excluding hydrogens is 284 g/mol. The lowest BCUT2D eigenvalue weighted by molar-refractivity contribution is 0.415. The number of oxazole rings is 1. The molecule has 0 amide bonds. The molecule has 0 atom stereocenters. The van der Waals surface area contributed by atoms with Crippen LogP contribution < -0.4 is 4.74 Å². The summed E-state index contributed by atoms with van der Waals surface area (Å²) in [6, 6.07) is 7.84. The number of thiophene rings is 1. The van der Waals surface area contributed by atoms with Crippen molar-refractivity contribution in [3.8, 4) is 17.1 Å². The topological polar surface area (TPSA) is 47.6 Å². The second kappa shape index (κ2) is 5.93. The van der Waals surface area contributed by atoms with Gasteiger partial charge < -0.3 is 9.15 Å². The maximum Gasteiger partial charge on any atom is 0.181 e. The average Bonchev–Trinajstić information content (AvgIpc) is 3.16. The van der Waals surface area contributed by atoms with Gasteiger partial charge in [0.2, 0.25) is 0 Å². The molecular formula is C16H14N2O2S. The van der Waals surface area contributed by atoms with Crippen molar-refractivity contribution in [3.05, 3.63) is 52.7 Å². The monoisotopic (exact) mass is 298 g/mol. The molecule has 21 heavy (non-hydrogen) atoms. The van der Waals surface area contributed by atoms with Crippen LogP contribution in [0.2, 0.25) is 0 Å². The Bertz CT molecular complexity index is 760. The first-order valence-corrected chi connectivity index (χ1v) is 7.30. The molecule has 5 heteroatoms. The van der Waals surface area contributed by atoms with Gasteiger partial charge in [0, 0.05) is 22.7 Å². The summed E-state index contributed by atoms with van der Waals surface area (Å²) in [5.74, 6) is 1.39. The van der Waals surface area contributed by atoms with Gasteiger partial charge in [0.15, 0.2) is 12.2 Å². The lowest BCUT2D eigenvalue weighted by Gasteiger charge is -2.06. The number of benzene rings is 1. The molecule has 0 bridgehead atoms. The van der Waals surface area contributed by atoms with Crippen LogP contribution in [0.1, 0.15) is 10.4 Å². The summed E-state index contributed by atoms with van der Waals surface area (Å²) in [4.78, 5) is 9.67. The highest BCUT2D eigenvalue weighted by Gasteiger charge is 2.09. The summed E-state index contributed by atoms with van der Waals surface area (Å²) >= 11 is 1.71. The van der Waals surface area contributed by atoms with E-state index in [0.29, 0.717) is 11.5 Å². The number of hydrogen-bond acceptors (Lipinski definition) is 5. The molecule has 0 radical (unpaired) electrons. The highest BCUT2D eigenvalue weighted by molar-refractivity contribution is 7.10. The van der Waals surface area contributed by atoms with Gasteiger partial charge in [-0.25, -0.2) is 4.98 Å². The number of aliphatic imine (C=N–C) groups is 1. The molecule has 2 aromatic heterocycles. The maximum absolute atomic E-state index is 5.41. The third-order valence-electron chi connectivity index (χ3n) is 3.00. The van der Waals surface area contributed by atoms with Gasteiger partial charge in [0.1, 0.15) is 5.75 Å². The molecule has 0 saturated heterocycles. The molecule has 0 spiro atoms. The molecule has 0 unspecified atom stereocenters. The number of aryl methyl sites for hydroxylation is 1. The minimum absolute atomic E-state index is 0.677. The Balaban J connectivity index is 1.89. The standard InChI is InChI=1S/C16H14N2O2S/c1-11-5-12(9-21-11)7-18-13-3-4-14(15(6-13)19-2)16-8-17-10-20-16/h3-10H,1-2H3. The summed E-state index contributed by atoms with van der Waals surface area (Å²) in [5, 5.41) is 2.08. The van der Waals surface area contributed by atoms with Crippen molar-refractivity contribution >= 4 is 23.2 Å². The van der Waals surface area contributed by atoms with Crippen molar-refractivity contribution in [1.29, 1.82) is 0 Å². The van der Waals surface area contributed by atoms with Crippen LogP contribution >= 0.6 is 11.3 Å². The molecule has 0 saturated carbocycles. The molecule has 3 rings (SSSR count). The molecule has 2 heterocycles. The van der Waals surface area contributed by atoms with E-state index in [9.17, 15) is 0 Å². The molecule has 1 aromatic carbocycles. The van der Waals surface area contributed by atoms with Crippen LogP contribution in [-0.4, -0.2) is 18.3 Å². The molecule has 3 aromatic rings. The van der Waals surface area contributed by atoms with Crippen molar-refractivity contribution in [2.75, 3.05) is 7.11 Å². The van der Waals surface area contributed by atoms with E-state index in [1.165, 1.54) is 11.3 Å². The van der Waals surface area contributed by atoms with Gasteiger partial charge in [-0.1, -0.05) is 0 Å². The quantitative estimate of drug-likeness (QED) is 0.668. The average molecular weight is 298 g/mol. The first-order valence-electron chi connectivity index (χ1n) is 6.42. The largest absolute Gasteiger partial charge is 0.496 e. The van der Waals surface area contributed by atoms with E-state index < -0.39 is 0 Å². The predicted molar refractivity (Wildman–Crippen MR) is 84.8 cm³/mol. The number of ether oxygens (including phenoxy) is 1. The van der Waals surface area contributed by atoms with E-state index in [0.717, 1.165) is 16.8 Å². The Morgan fingerprint density at radius 3 is 2.90 bits per heavy atom. The second-order valence-electron chi connectivity index (χ2n) is 4.50. The van der Waals surface area contributed by atoms with Crippen molar-refractivity contribution in [3.63, 3.8) is 0 Å². The van der Waals surface area contributed by atoms with Crippen LogP contribution in [0, 0.1) is 6.92 Å². The number of hydrogen-bond donors (Lipinski definition) is 0. The minimum Gasteiger partial charge on any atom is -0.496 e. The van der Waals surface area contributed by atoms with Crippen molar-refractivity contribution in [2.45, 2.75) is 6.92 Å². The molecule has 0 aliphatic rings. The zero-order valence-corrected chi connectivity index (χ0v) is 12.6. The second-order valence-corrected chi connectivity index (χ2v) is 5.61. The lowest BCUT2D eigenvalue weighted by Crippen LogP contribution is -1.86. The molecule has 4 nitrogen and oxygen atoms in total. The van der Waals surface area contributed by atoms with E-state index in [-0.39, 0.29) is 0 Å². The fourth-order valence-corrected chi connectivity index (χ4v) is 2.65. The Morgan fingerprint density at radius 1 is 1.33 bits per heavy atom. The summed E-state index contributed by atoms with van der Waals surface area (Å²) in [5.41, 5.74) is 2.80. The minimum atomic E-state index is 0.677. The molecule has 0 fully saturated rings.